The average Bonchev–Trinajstić information content (AvgIpc) is 2.26. The van der Waals surface area contributed by atoms with Crippen LogP contribution in [0, 0.1) is 23.3 Å². The lowest BCUT2D eigenvalue weighted by Crippen LogP contribution is -2.03. The Bertz CT molecular complexity index is 607. The van der Waals surface area contributed by atoms with Crippen LogP contribution >= 0.6 is 27.5 Å². The fraction of sp³-hybridized carbons (Fsp3) is 0.0769. The highest BCUT2D eigenvalue weighted by atomic mass is 79.9. The van der Waals surface area contributed by atoms with E-state index in [-0.39, 0.29) is 10.0 Å². The lowest BCUT2D eigenvalue weighted by atomic mass is 10.0. The second-order valence-electron chi connectivity index (χ2n) is 3.81. The number of alkyl halides is 1. The van der Waals surface area contributed by atoms with E-state index < -0.39 is 34.2 Å². The zero-order valence-electron chi connectivity index (χ0n) is 9.23. The summed E-state index contributed by atoms with van der Waals surface area (Å²) >= 11 is 9.06. The van der Waals surface area contributed by atoms with Crippen LogP contribution in [0.15, 0.2) is 34.8 Å². The number of benzene rings is 2. The summed E-state index contributed by atoms with van der Waals surface area (Å²) in [6, 6.07) is 4.65. The molecule has 0 fully saturated rings. The standard InChI is InChI=1S/C13H6BrClF4/c14-9-3-6(16)1-2-8(9)13(15)12-10(18)4-7(17)5-11(12)19/h1-5,13H. The van der Waals surface area contributed by atoms with Gasteiger partial charge in [-0.05, 0) is 17.7 Å². The molecule has 0 nitrogen and oxygen atoms in total. The molecule has 100 valence electrons. The van der Waals surface area contributed by atoms with Crippen molar-refractivity contribution in [2.75, 3.05) is 0 Å². The fourth-order valence-corrected chi connectivity index (χ4v) is 2.77. The first-order valence-electron chi connectivity index (χ1n) is 5.13. The van der Waals surface area contributed by atoms with Gasteiger partial charge in [-0.3, -0.25) is 0 Å². The van der Waals surface area contributed by atoms with Crippen molar-refractivity contribution in [3.05, 3.63) is 69.2 Å². The Morgan fingerprint density at radius 3 is 2.00 bits per heavy atom. The highest BCUT2D eigenvalue weighted by Crippen LogP contribution is 2.36. The zero-order chi connectivity index (χ0) is 14.2. The Balaban J connectivity index is 2.53. The molecule has 19 heavy (non-hydrogen) atoms. The second-order valence-corrected chi connectivity index (χ2v) is 5.10. The van der Waals surface area contributed by atoms with Crippen LogP contribution < -0.4 is 0 Å². The third-order valence-electron chi connectivity index (χ3n) is 2.53. The Kier molecular flexibility index (Phi) is 4.16. The van der Waals surface area contributed by atoms with Gasteiger partial charge in [0.2, 0.25) is 0 Å². The molecule has 1 unspecified atom stereocenters. The Hall–Kier alpha value is -1.07. The van der Waals surface area contributed by atoms with E-state index in [1.54, 1.807) is 0 Å². The van der Waals surface area contributed by atoms with Gasteiger partial charge in [0.05, 0.1) is 5.38 Å². The largest absolute Gasteiger partial charge is 0.207 e. The van der Waals surface area contributed by atoms with Crippen LogP contribution in [0.25, 0.3) is 0 Å². The predicted octanol–water partition coefficient (Wildman–Crippen LogP) is 5.33. The zero-order valence-corrected chi connectivity index (χ0v) is 11.6. The fourth-order valence-electron chi connectivity index (χ4n) is 1.66. The first-order chi connectivity index (χ1) is 8.90. The highest BCUT2D eigenvalue weighted by molar-refractivity contribution is 9.10. The van der Waals surface area contributed by atoms with E-state index in [2.05, 4.69) is 15.9 Å². The third-order valence-corrected chi connectivity index (χ3v) is 3.67. The predicted molar refractivity (Wildman–Crippen MR) is 68.1 cm³/mol. The van der Waals surface area contributed by atoms with E-state index in [0.717, 1.165) is 12.1 Å². The molecule has 0 radical (unpaired) electrons. The molecule has 0 saturated carbocycles. The summed E-state index contributed by atoms with van der Waals surface area (Å²) in [4.78, 5) is 0. The number of halogens is 6. The minimum absolute atomic E-state index is 0.274. The number of hydrogen-bond acceptors (Lipinski definition) is 0. The molecule has 6 heteroatoms. The van der Waals surface area contributed by atoms with E-state index in [1.807, 2.05) is 0 Å². The first kappa shape index (κ1) is 14.3. The Morgan fingerprint density at radius 2 is 1.47 bits per heavy atom. The molecule has 0 bridgehead atoms. The maximum absolute atomic E-state index is 13.6. The van der Waals surface area contributed by atoms with Crippen molar-refractivity contribution in [3.8, 4) is 0 Å². The van der Waals surface area contributed by atoms with E-state index in [0.29, 0.717) is 12.1 Å². The normalized spacial score (nSPS) is 12.5. The minimum Gasteiger partial charge on any atom is -0.207 e. The summed E-state index contributed by atoms with van der Waals surface area (Å²) in [5.41, 5.74) is -0.192. The average molecular weight is 354 g/mol. The minimum atomic E-state index is -1.20. The lowest BCUT2D eigenvalue weighted by molar-refractivity contribution is 0.526. The van der Waals surface area contributed by atoms with Gasteiger partial charge in [0, 0.05) is 22.2 Å². The van der Waals surface area contributed by atoms with E-state index in [9.17, 15) is 17.6 Å². The molecule has 0 amide bonds. The SMILES string of the molecule is Fc1cc(F)c(C(Cl)c2ccc(F)cc2Br)c(F)c1. The van der Waals surface area contributed by atoms with Crippen LogP contribution in [0.5, 0.6) is 0 Å². The molecule has 0 N–H and O–H groups in total. The molecule has 2 aromatic rings. The van der Waals surface area contributed by atoms with Crippen LogP contribution in [0.4, 0.5) is 17.6 Å². The van der Waals surface area contributed by atoms with Crippen LogP contribution in [0.2, 0.25) is 0 Å². The van der Waals surface area contributed by atoms with Crippen LogP contribution in [0.1, 0.15) is 16.5 Å². The van der Waals surface area contributed by atoms with Crippen molar-refractivity contribution >= 4 is 27.5 Å². The van der Waals surface area contributed by atoms with Crippen LogP contribution in [-0.4, -0.2) is 0 Å². The maximum Gasteiger partial charge on any atom is 0.134 e. The lowest BCUT2D eigenvalue weighted by Gasteiger charge is -2.14. The monoisotopic (exact) mass is 352 g/mol. The molecule has 0 saturated heterocycles. The van der Waals surface area contributed by atoms with Gasteiger partial charge in [-0.1, -0.05) is 22.0 Å². The van der Waals surface area contributed by atoms with Crippen molar-refractivity contribution in [1.29, 1.82) is 0 Å². The summed E-state index contributed by atoms with van der Waals surface area (Å²) < 4.78 is 53.3. The molecule has 0 heterocycles. The van der Waals surface area contributed by atoms with Gasteiger partial charge in [0.15, 0.2) is 0 Å². The first-order valence-corrected chi connectivity index (χ1v) is 6.36. The topological polar surface area (TPSA) is 0 Å². The van der Waals surface area contributed by atoms with Gasteiger partial charge in [-0.15, -0.1) is 11.6 Å². The van der Waals surface area contributed by atoms with Crippen molar-refractivity contribution in [2.45, 2.75) is 5.38 Å². The summed E-state index contributed by atoms with van der Waals surface area (Å²) in [5, 5.41) is -1.20. The Morgan fingerprint density at radius 1 is 0.895 bits per heavy atom. The van der Waals surface area contributed by atoms with E-state index in [4.69, 9.17) is 11.6 Å². The van der Waals surface area contributed by atoms with Crippen LogP contribution in [-0.2, 0) is 0 Å². The van der Waals surface area contributed by atoms with Gasteiger partial charge in [0.1, 0.15) is 23.3 Å². The summed E-state index contributed by atoms with van der Waals surface area (Å²) in [5.74, 6) is -3.72. The molecule has 0 aromatic heterocycles. The van der Waals surface area contributed by atoms with Gasteiger partial charge >= 0.3 is 0 Å². The maximum atomic E-state index is 13.6. The third kappa shape index (κ3) is 2.92. The van der Waals surface area contributed by atoms with Gasteiger partial charge in [-0.2, -0.15) is 0 Å². The smallest absolute Gasteiger partial charge is 0.134 e. The summed E-state index contributed by atoms with van der Waals surface area (Å²) in [6.07, 6.45) is 0. The molecule has 2 rings (SSSR count). The molecule has 0 spiro atoms. The van der Waals surface area contributed by atoms with Crippen molar-refractivity contribution in [3.63, 3.8) is 0 Å². The van der Waals surface area contributed by atoms with Crippen molar-refractivity contribution in [2.24, 2.45) is 0 Å². The molecular weight excluding hydrogens is 347 g/mol. The summed E-state index contributed by atoms with van der Waals surface area (Å²) in [6.45, 7) is 0. The van der Waals surface area contributed by atoms with Gasteiger partial charge < -0.3 is 0 Å². The second kappa shape index (κ2) is 5.51. The molecule has 2 aromatic carbocycles. The van der Waals surface area contributed by atoms with Gasteiger partial charge in [-0.25, -0.2) is 17.6 Å². The molecular formula is C13H6BrClF4. The highest BCUT2D eigenvalue weighted by Gasteiger charge is 2.23. The van der Waals surface area contributed by atoms with Crippen molar-refractivity contribution < 1.29 is 17.6 Å². The molecule has 1 atom stereocenters. The molecule has 0 aliphatic carbocycles. The van der Waals surface area contributed by atoms with Crippen LogP contribution in [0.3, 0.4) is 0 Å². The van der Waals surface area contributed by atoms with Crippen molar-refractivity contribution in [1.82, 2.24) is 0 Å². The quantitative estimate of drug-likeness (QED) is 0.505. The summed E-state index contributed by atoms with van der Waals surface area (Å²) in [7, 11) is 0. The number of rotatable bonds is 2. The molecule has 0 aliphatic heterocycles. The Labute approximate surface area is 120 Å². The van der Waals surface area contributed by atoms with E-state index >= 15 is 0 Å². The van der Waals surface area contributed by atoms with Gasteiger partial charge in [0.25, 0.3) is 0 Å². The number of hydrogen-bond donors (Lipinski definition) is 0. The molecule has 0 aliphatic rings. The van der Waals surface area contributed by atoms with E-state index in [1.165, 1.54) is 6.07 Å².